The van der Waals surface area contributed by atoms with Crippen LogP contribution in [0, 0.1) is 13.8 Å². The molecule has 0 saturated heterocycles. The van der Waals surface area contributed by atoms with Crippen LogP contribution in [-0.2, 0) is 0 Å². The second-order valence-corrected chi connectivity index (χ2v) is 5.03. The molecule has 0 aliphatic heterocycles. The fourth-order valence-electron chi connectivity index (χ4n) is 1.69. The quantitative estimate of drug-likeness (QED) is 0.860. The number of aryl methyl sites for hydroxylation is 2. The molecule has 100 valence electrons. The fourth-order valence-corrected chi connectivity index (χ4v) is 1.84. The summed E-state index contributed by atoms with van der Waals surface area (Å²) < 4.78 is 5.48. The summed E-state index contributed by atoms with van der Waals surface area (Å²) in [6, 6.07) is 6.37. The Hall–Kier alpha value is -1.68. The molecule has 0 fully saturated rings. The predicted octanol–water partition coefficient (Wildman–Crippen LogP) is 3.60. The van der Waals surface area contributed by atoms with Crippen molar-refractivity contribution in [2.45, 2.75) is 33.8 Å². The Balaban J connectivity index is 2.49. The Morgan fingerprint density at radius 1 is 1.11 bits per heavy atom. The van der Waals surface area contributed by atoms with Gasteiger partial charge in [-0.2, -0.15) is 15.0 Å². The van der Waals surface area contributed by atoms with Crippen LogP contribution in [0.4, 0.5) is 0 Å². The first-order valence-electron chi connectivity index (χ1n) is 6.11. The number of nitrogens with zero attached hydrogens (tertiary/aromatic N) is 3. The van der Waals surface area contributed by atoms with Crippen LogP contribution in [0.3, 0.4) is 0 Å². The molecular formula is C14H16ClN3O. The number of halogens is 1. The zero-order chi connectivity index (χ0) is 14.0. The molecule has 0 aliphatic rings. The van der Waals surface area contributed by atoms with E-state index in [4.69, 9.17) is 16.3 Å². The highest BCUT2D eigenvalue weighted by atomic mass is 35.5. The number of benzene rings is 1. The van der Waals surface area contributed by atoms with Gasteiger partial charge in [0, 0.05) is 5.56 Å². The van der Waals surface area contributed by atoms with Crippen molar-refractivity contribution in [3.63, 3.8) is 0 Å². The molecule has 1 heterocycles. The Labute approximate surface area is 117 Å². The summed E-state index contributed by atoms with van der Waals surface area (Å²) >= 11 is 5.93. The summed E-state index contributed by atoms with van der Waals surface area (Å²) in [5, 5.41) is 0.140. The second kappa shape index (κ2) is 5.53. The van der Waals surface area contributed by atoms with Gasteiger partial charge in [-0.25, -0.2) is 0 Å². The van der Waals surface area contributed by atoms with E-state index in [2.05, 4.69) is 15.0 Å². The standard InChI is InChI=1S/C14H16ClN3O/c1-8(2)19-14-17-12(16-13(15)18-14)11-7-9(3)5-6-10(11)4/h5-8H,1-4H3. The first-order chi connectivity index (χ1) is 8.95. The summed E-state index contributed by atoms with van der Waals surface area (Å²) in [5.74, 6) is 0.539. The van der Waals surface area contributed by atoms with Gasteiger partial charge in [0.15, 0.2) is 5.82 Å². The minimum Gasteiger partial charge on any atom is -0.461 e. The smallest absolute Gasteiger partial charge is 0.321 e. The van der Waals surface area contributed by atoms with Crippen LogP contribution in [0.25, 0.3) is 11.4 Å². The molecule has 19 heavy (non-hydrogen) atoms. The van der Waals surface area contributed by atoms with E-state index in [0.29, 0.717) is 5.82 Å². The van der Waals surface area contributed by atoms with Crippen molar-refractivity contribution < 1.29 is 4.74 Å². The molecule has 0 radical (unpaired) electrons. The lowest BCUT2D eigenvalue weighted by atomic mass is 10.1. The lowest BCUT2D eigenvalue weighted by molar-refractivity contribution is 0.222. The predicted molar refractivity (Wildman–Crippen MR) is 75.5 cm³/mol. The Kier molecular flexibility index (Phi) is 4.00. The van der Waals surface area contributed by atoms with E-state index in [9.17, 15) is 0 Å². The van der Waals surface area contributed by atoms with Gasteiger partial charge >= 0.3 is 6.01 Å². The van der Waals surface area contributed by atoms with Crippen molar-refractivity contribution >= 4 is 11.6 Å². The zero-order valence-corrected chi connectivity index (χ0v) is 12.2. The molecule has 1 aromatic heterocycles. The van der Waals surface area contributed by atoms with Crippen molar-refractivity contribution in [2.24, 2.45) is 0 Å². The van der Waals surface area contributed by atoms with E-state index in [1.165, 1.54) is 0 Å². The van der Waals surface area contributed by atoms with E-state index >= 15 is 0 Å². The molecule has 0 N–H and O–H groups in total. The summed E-state index contributed by atoms with van der Waals surface area (Å²) in [4.78, 5) is 12.5. The maximum absolute atomic E-state index is 5.93. The highest BCUT2D eigenvalue weighted by molar-refractivity contribution is 6.28. The van der Waals surface area contributed by atoms with Crippen LogP contribution >= 0.6 is 11.6 Å². The topological polar surface area (TPSA) is 47.9 Å². The molecule has 0 amide bonds. The van der Waals surface area contributed by atoms with Crippen molar-refractivity contribution in [1.82, 2.24) is 15.0 Å². The van der Waals surface area contributed by atoms with Gasteiger partial charge in [-0.1, -0.05) is 17.7 Å². The number of rotatable bonds is 3. The van der Waals surface area contributed by atoms with Crippen molar-refractivity contribution in [3.8, 4) is 17.4 Å². The number of hydrogen-bond donors (Lipinski definition) is 0. The van der Waals surface area contributed by atoms with Crippen molar-refractivity contribution in [1.29, 1.82) is 0 Å². The summed E-state index contributed by atoms with van der Waals surface area (Å²) in [7, 11) is 0. The highest BCUT2D eigenvalue weighted by Gasteiger charge is 2.11. The van der Waals surface area contributed by atoms with Gasteiger partial charge in [0.1, 0.15) is 0 Å². The molecule has 0 bridgehead atoms. The lowest BCUT2D eigenvalue weighted by Gasteiger charge is -2.10. The summed E-state index contributed by atoms with van der Waals surface area (Å²) in [6.07, 6.45) is -0.00933. The SMILES string of the molecule is Cc1ccc(C)c(-c2nc(Cl)nc(OC(C)C)n2)c1. The van der Waals surface area contributed by atoms with Gasteiger partial charge in [0.25, 0.3) is 0 Å². The molecule has 1 aromatic carbocycles. The molecule has 4 nitrogen and oxygen atoms in total. The van der Waals surface area contributed by atoms with Gasteiger partial charge < -0.3 is 4.74 Å². The number of aromatic nitrogens is 3. The average molecular weight is 278 g/mol. The number of ether oxygens (including phenoxy) is 1. The summed E-state index contributed by atoms with van der Waals surface area (Å²) in [6.45, 7) is 7.86. The molecule has 2 rings (SSSR count). The number of hydrogen-bond acceptors (Lipinski definition) is 4. The molecule has 5 heteroatoms. The second-order valence-electron chi connectivity index (χ2n) is 4.70. The van der Waals surface area contributed by atoms with Gasteiger partial charge in [-0.3, -0.25) is 0 Å². The zero-order valence-electron chi connectivity index (χ0n) is 11.4. The van der Waals surface area contributed by atoms with Crippen molar-refractivity contribution in [3.05, 3.63) is 34.6 Å². The maximum atomic E-state index is 5.93. The lowest BCUT2D eigenvalue weighted by Crippen LogP contribution is -2.09. The third kappa shape index (κ3) is 3.41. The van der Waals surface area contributed by atoms with Gasteiger partial charge in [0.2, 0.25) is 5.28 Å². The van der Waals surface area contributed by atoms with Gasteiger partial charge in [-0.05, 0) is 50.9 Å². The first kappa shape index (κ1) is 13.7. The molecule has 0 atom stereocenters. The summed E-state index contributed by atoms with van der Waals surface area (Å²) in [5.41, 5.74) is 3.17. The van der Waals surface area contributed by atoms with E-state index in [-0.39, 0.29) is 17.4 Å². The van der Waals surface area contributed by atoms with Crippen molar-refractivity contribution in [2.75, 3.05) is 0 Å². The van der Waals surface area contributed by atoms with Crippen LogP contribution in [0.1, 0.15) is 25.0 Å². The van der Waals surface area contributed by atoms with E-state index in [1.54, 1.807) is 0 Å². The maximum Gasteiger partial charge on any atom is 0.321 e. The molecule has 0 spiro atoms. The van der Waals surface area contributed by atoms with Gasteiger partial charge in [-0.15, -0.1) is 0 Å². The Morgan fingerprint density at radius 2 is 1.84 bits per heavy atom. The normalized spacial score (nSPS) is 10.8. The van der Waals surface area contributed by atoms with Crippen LogP contribution in [0.15, 0.2) is 18.2 Å². The average Bonchev–Trinajstić information content (AvgIpc) is 2.30. The highest BCUT2D eigenvalue weighted by Crippen LogP contribution is 2.23. The van der Waals surface area contributed by atoms with E-state index in [0.717, 1.165) is 16.7 Å². The fraction of sp³-hybridized carbons (Fsp3) is 0.357. The molecule has 2 aromatic rings. The molecular weight excluding hydrogens is 262 g/mol. The molecule has 0 saturated carbocycles. The van der Waals surface area contributed by atoms with Crippen LogP contribution in [-0.4, -0.2) is 21.1 Å². The Bertz CT molecular complexity index is 599. The minimum absolute atomic E-state index is 0.00933. The molecule has 0 unspecified atom stereocenters. The van der Waals surface area contributed by atoms with E-state index < -0.39 is 0 Å². The Morgan fingerprint density at radius 3 is 2.53 bits per heavy atom. The minimum atomic E-state index is -0.00933. The third-order valence-corrected chi connectivity index (χ3v) is 2.73. The van der Waals surface area contributed by atoms with Crippen LogP contribution in [0.5, 0.6) is 6.01 Å². The monoisotopic (exact) mass is 277 g/mol. The first-order valence-corrected chi connectivity index (χ1v) is 6.49. The third-order valence-electron chi connectivity index (χ3n) is 2.56. The van der Waals surface area contributed by atoms with E-state index in [1.807, 2.05) is 45.9 Å². The van der Waals surface area contributed by atoms with Crippen LogP contribution in [0.2, 0.25) is 5.28 Å². The molecule has 0 aliphatic carbocycles. The van der Waals surface area contributed by atoms with Crippen LogP contribution < -0.4 is 4.74 Å². The largest absolute Gasteiger partial charge is 0.461 e. The van der Waals surface area contributed by atoms with Gasteiger partial charge in [0.05, 0.1) is 6.10 Å².